The minimum absolute atomic E-state index is 0. The number of piperidine rings is 1. The molecule has 1 fully saturated rings. The number of carbonyl (C=O) groups excluding carboxylic acids is 1. The van der Waals surface area contributed by atoms with Gasteiger partial charge >= 0.3 is 0 Å². The van der Waals surface area contributed by atoms with Crippen LogP contribution in [0.15, 0.2) is 24.3 Å². The summed E-state index contributed by atoms with van der Waals surface area (Å²) in [4.78, 5) is 12.3. The van der Waals surface area contributed by atoms with Crippen LogP contribution >= 0.6 is 12.4 Å². The van der Waals surface area contributed by atoms with Crippen molar-refractivity contribution in [2.75, 3.05) is 19.7 Å². The second-order valence-electron chi connectivity index (χ2n) is 6.16. The second kappa shape index (κ2) is 7.95. The second-order valence-corrected chi connectivity index (χ2v) is 6.16. The van der Waals surface area contributed by atoms with Crippen LogP contribution in [0, 0.1) is 5.92 Å². The molecule has 5 heteroatoms. The SMILES string of the molecule is CC1CNCCC1NC(=O)CC1OCCc2ccccc21.Cl. The van der Waals surface area contributed by atoms with Gasteiger partial charge in [0.15, 0.2) is 0 Å². The largest absolute Gasteiger partial charge is 0.373 e. The van der Waals surface area contributed by atoms with Gasteiger partial charge in [0.05, 0.1) is 19.1 Å². The van der Waals surface area contributed by atoms with Gasteiger partial charge in [-0.05, 0) is 43.0 Å². The lowest BCUT2D eigenvalue weighted by Crippen LogP contribution is -2.48. The highest BCUT2D eigenvalue weighted by Gasteiger charge is 2.26. The lowest BCUT2D eigenvalue weighted by Gasteiger charge is -2.31. The molecular formula is C17H25ClN2O2. The number of carbonyl (C=O) groups is 1. The number of hydrogen-bond acceptors (Lipinski definition) is 3. The Morgan fingerprint density at radius 2 is 2.23 bits per heavy atom. The Bertz CT molecular complexity index is 509. The molecule has 3 rings (SSSR count). The van der Waals surface area contributed by atoms with Crippen molar-refractivity contribution in [3.05, 3.63) is 35.4 Å². The highest BCUT2D eigenvalue weighted by atomic mass is 35.5. The van der Waals surface area contributed by atoms with Gasteiger partial charge in [-0.25, -0.2) is 0 Å². The molecule has 4 nitrogen and oxygen atoms in total. The molecule has 1 saturated heterocycles. The van der Waals surface area contributed by atoms with Crippen molar-refractivity contribution in [1.82, 2.24) is 10.6 Å². The molecule has 0 saturated carbocycles. The monoisotopic (exact) mass is 324 g/mol. The van der Waals surface area contributed by atoms with Crippen LogP contribution in [-0.2, 0) is 16.0 Å². The third-order valence-corrected chi connectivity index (χ3v) is 4.59. The highest BCUT2D eigenvalue weighted by Crippen LogP contribution is 2.29. The maximum Gasteiger partial charge on any atom is 0.223 e. The van der Waals surface area contributed by atoms with Crippen molar-refractivity contribution in [2.24, 2.45) is 5.92 Å². The van der Waals surface area contributed by atoms with Crippen molar-refractivity contribution in [2.45, 2.75) is 38.3 Å². The maximum atomic E-state index is 12.3. The van der Waals surface area contributed by atoms with Gasteiger partial charge in [0.25, 0.3) is 0 Å². The number of amides is 1. The molecule has 0 radical (unpaired) electrons. The smallest absolute Gasteiger partial charge is 0.223 e. The van der Waals surface area contributed by atoms with Crippen LogP contribution < -0.4 is 10.6 Å². The standard InChI is InChI=1S/C17H24N2O2.ClH/c1-12-11-18-8-6-15(12)19-17(20)10-16-14-5-3-2-4-13(14)7-9-21-16;/h2-5,12,15-16,18H,6-11H2,1H3,(H,19,20);1H. The molecule has 3 unspecified atom stereocenters. The number of benzene rings is 1. The van der Waals surface area contributed by atoms with E-state index in [2.05, 4.69) is 35.8 Å². The Morgan fingerprint density at radius 1 is 1.41 bits per heavy atom. The van der Waals surface area contributed by atoms with Crippen LogP contribution in [0.1, 0.15) is 37.0 Å². The van der Waals surface area contributed by atoms with E-state index in [0.29, 0.717) is 18.9 Å². The topological polar surface area (TPSA) is 50.4 Å². The van der Waals surface area contributed by atoms with E-state index in [0.717, 1.165) is 25.9 Å². The molecule has 0 aromatic heterocycles. The Kier molecular flexibility index (Phi) is 6.24. The molecule has 2 aliphatic heterocycles. The zero-order valence-electron chi connectivity index (χ0n) is 13.0. The Hall–Kier alpha value is -1.10. The molecule has 0 spiro atoms. The lowest BCUT2D eigenvalue weighted by atomic mass is 9.93. The van der Waals surface area contributed by atoms with E-state index in [1.165, 1.54) is 11.1 Å². The average molecular weight is 325 g/mol. The molecule has 0 bridgehead atoms. The summed E-state index contributed by atoms with van der Waals surface area (Å²) in [6.45, 7) is 4.86. The number of halogens is 1. The summed E-state index contributed by atoms with van der Waals surface area (Å²) in [6.07, 6.45) is 2.29. The molecule has 22 heavy (non-hydrogen) atoms. The van der Waals surface area contributed by atoms with Gasteiger partial charge in [0.1, 0.15) is 0 Å². The fourth-order valence-corrected chi connectivity index (χ4v) is 3.31. The van der Waals surface area contributed by atoms with Gasteiger partial charge in [0.2, 0.25) is 5.91 Å². The van der Waals surface area contributed by atoms with E-state index in [9.17, 15) is 4.79 Å². The summed E-state index contributed by atoms with van der Waals surface area (Å²) >= 11 is 0. The van der Waals surface area contributed by atoms with E-state index >= 15 is 0 Å². The number of rotatable bonds is 3. The molecule has 3 atom stereocenters. The summed E-state index contributed by atoms with van der Waals surface area (Å²) in [7, 11) is 0. The molecule has 1 aromatic rings. The first-order valence-corrected chi connectivity index (χ1v) is 7.93. The average Bonchev–Trinajstić information content (AvgIpc) is 2.50. The van der Waals surface area contributed by atoms with Gasteiger partial charge in [-0.2, -0.15) is 0 Å². The fraction of sp³-hybridized carbons (Fsp3) is 0.588. The fourth-order valence-electron chi connectivity index (χ4n) is 3.31. The van der Waals surface area contributed by atoms with Crippen LogP contribution in [0.5, 0.6) is 0 Å². The van der Waals surface area contributed by atoms with Crippen molar-refractivity contribution in [3.8, 4) is 0 Å². The van der Waals surface area contributed by atoms with E-state index in [1.54, 1.807) is 0 Å². The molecule has 2 heterocycles. The third kappa shape index (κ3) is 4.00. The van der Waals surface area contributed by atoms with Gasteiger partial charge in [-0.15, -0.1) is 12.4 Å². The first kappa shape index (κ1) is 17.3. The normalized spacial score (nSPS) is 27.4. The minimum Gasteiger partial charge on any atom is -0.373 e. The molecule has 122 valence electrons. The quantitative estimate of drug-likeness (QED) is 0.896. The predicted molar refractivity (Wildman–Crippen MR) is 89.3 cm³/mol. The Labute approximate surface area is 138 Å². The van der Waals surface area contributed by atoms with Crippen molar-refractivity contribution >= 4 is 18.3 Å². The summed E-state index contributed by atoms with van der Waals surface area (Å²) in [5.74, 6) is 0.595. The molecule has 2 aliphatic rings. The van der Waals surface area contributed by atoms with Crippen molar-refractivity contribution in [3.63, 3.8) is 0 Å². The van der Waals surface area contributed by atoms with Crippen LogP contribution in [0.4, 0.5) is 0 Å². The zero-order valence-corrected chi connectivity index (χ0v) is 13.8. The third-order valence-electron chi connectivity index (χ3n) is 4.59. The summed E-state index contributed by atoms with van der Waals surface area (Å²) in [6, 6.07) is 8.58. The zero-order chi connectivity index (χ0) is 14.7. The van der Waals surface area contributed by atoms with Gasteiger partial charge < -0.3 is 15.4 Å². The number of ether oxygens (including phenoxy) is 1. The van der Waals surface area contributed by atoms with E-state index in [-0.39, 0.29) is 30.5 Å². The Morgan fingerprint density at radius 3 is 3.05 bits per heavy atom. The minimum atomic E-state index is -0.0908. The van der Waals surface area contributed by atoms with Gasteiger partial charge in [-0.3, -0.25) is 4.79 Å². The van der Waals surface area contributed by atoms with E-state index < -0.39 is 0 Å². The Balaban J connectivity index is 0.00000176. The van der Waals surface area contributed by atoms with Crippen LogP contribution in [0.2, 0.25) is 0 Å². The van der Waals surface area contributed by atoms with Gasteiger partial charge in [-0.1, -0.05) is 31.2 Å². The highest BCUT2D eigenvalue weighted by molar-refractivity contribution is 5.85. The van der Waals surface area contributed by atoms with Crippen LogP contribution in [0.25, 0.3) is 0 Å². The van der Waals surface area contributed by atoms with Crippen LogP contribution in [0.3, 0.4) is 0 Å². The molecule has 1 amide bonds. The first-order valence-electron chi connectivity index (χ1n) is 7.93. The van der Waals surface area contributed by atoms with Gasteiger partial charge in [0, 0.05) is 6.04 Å². The molecule has 0 aliphatic carbocycles. The number of hydrogen-bond donors (Lipinski definition) is 2. The lowest BCUT2D eigenvalue weighted by molar-refractivity contribution is -0.125. The van der Waals surface area contributed by atoms with E-state index in [1.807, 2.05) is 6.07 Å². The molecule has 2 N–H and O–H groups in total. The number of nitrogens with one attached hydrogen (secondary N) is 2. The predicted octanol–water partition coefficient (Wildman–Crippen LogP) is 2.23. The van der Waals surface area contributed by atoms with E-state index in [4.69, 9.17) is 4.74 Å². The maximum absolute atomic E-state index is 12.3. The summed E-state index contributed by atoms with van der Waals surface area (Å²) in [5.41, 5.74) is 2.49. The first-order chi connectivity index (χ1) is 10.2. The molecular weight excluding hydrogens is 300 g/mol. The van der Waals surface area contributed by atoms with Crippen LogP contribution in [-0.4, -0.2) is 31.6 Å². The van der Waals surface area contributed by atoms with Crippen molar-refractivity contribution in [1.29, 1.82) is 0 Å². The van der Waals surface area contributed by atoms with Crippen molar-refractivity contribution < 1.29 is 9.53 Å². The summed E-state index contributed by atoms with van der Waals surface area (Å²) < 4.78 is 5.82. The molecule has 1 aromatic carbocycles. The summed E-state index contributed by atoms with van der Waals surface area (Å²) in [5, 5.41) is 6.54. The number of fused-ring (bicyclic) bond motifs is 1.